The van der Waals surface area contributed by atoms with Gasteiger partial charge in [0, 0.05) is 12.4 Å². The third kappa shape index (κ3) is 2.91. The van der Waals surface area contributed by atoms with Crippen molar-refractivity contribution in [3.63, 3.8) is 0 Å². The first kappa shape index (κ1) is 14.4. The van der Waals surface area contributed by atoms with Gasteiger partial charge in [0.05, 0.1) is 11.9 Å². The Balaban J connectivity index is 2.47. The lowest BCUT2D eigenvalue weighted by Gasteiger charge is -2.11. The fraction of sp³-hybridized carbons (Fsp3) is 0.0833. The van der Waals surface area contributed by atoms with Gasteiger partial charge in [-0.3, -0.25) is 14.7 Å². The van der Waals surface area contributed by atoms with E-state index in [1.165, 1.54) is 24.5 Å². The molecule has 2 rings (SSSR count). The van der Waals surface area contributed by atoms with Gasteiger partial charge in [0.15, 0.2) is 0 Å². The van der Waals surface area contributed by atoms with Crippen molar-refractivity contribution < 1.29 is 8.42 Å². The molecular weight excluding hydrogens is 296 g/mol. The Labute approximate surface area is 122 Å². The first-order valence-electron chi connectivity index (χ1n) is 5.60. The van der Waals surface area contributed by atoms with E-state index in [1.807, 2.05) is 0 Å². The molecule has 0 saturated carbocycles. The molecule has 0 spiro atoms. The Morgan fingerprint density at radius 1 is 1.35 bits per heavy atom. The molecule has 2 heterocycles. The fourth-order valence-corrected chi connectivity index (χ4v) is 3.08. The standard InChI is InChI=1S/C12H12N4O2S2/c1-8-4-6-14-7-9(8)16-20(17,18)10-3-2-5-15-11(10)12(13)19/h2-7,16H,1H3,(H2,13,19). The van der Waals surface area contributed by atoms with Crippen molar-refractivity contribution in [2.24, 2.45) is 5.73 Å². The fourth-order valence-electron chi connectivity index (χ4n) is 1.56. The molecule has 0 atom stereocenters. The van der Waals surface area contributed by atoms with Crippen LogP contribution < -0.4 is 10.5 Å². The summed E-state index contributed by atoms with van der Waals surface area (Å²) in [5, 5.41) is 0. The minimum Gasteiger partial charge on any atom is -0.388 e. The third-order valence-corrected chi connectivity index (χ3v) is 4.17. The predicted octanol–water partition coefficient (Wildman–Crippen LogP) is 1.22. The number of hydrogen-bond donors (Lipinski definition) is 2. The highest BCUT2D eigenvalue weighted by atomic mass is 32.2. The van der Waals surface area contributed by atoms with Crippen LogP contribution in [0.15, 0.2) is 41.7 Å². The number of nitrogens with zero attached hydrogens (tertiary/aromatic N) is 2. The average Bonchev–Trinajstić information content (AvgIpc) is 2.41. The number of nitrogens with two attached hydrogens (primary N) is 1. The van der Waals surface area contributed by atoms with Crippen LogP contribution in [0.2, 0.25) is 0 Å². The van der Waals surface area contributed by atoms with Crippen LogP contribution in [-0.4, -0.2) is 23.4 Å². The molecule has 0 aliphatic carbocycles. The molecule has 0 aliphatic rings. The van der Waals surface area contributed by atoms with Gasteiger partial charge in [-0.15, -0.1) is 0 Å². The Morgan fingerprint density at radius 3 is 2.75 bits per heavy atom. The lowest BCUT2D eigenvalue weighted by molar-refractivity contribution is 0.600. The quantitative estimate of drug-likeness (QED) is 0.824. The zero-order valence-corrected chi connectivity index (χ0v) is 12.2. The van der Waals surface area contributed by atoms with E-state index in [9.17, 15) is 8.42 Å². The maximum absolute atomic E-state index is 12.4. The van der Waals surface area contributed by atoms with Gasteiger partial charge in [-0.1, -0.05) is 12.2 Å². The summed E-state index contributed by atoms with van der Waals surface area (Å²) < 4.78 is 27.2. The van der Waals surface area contributed by atoms with Gasteiger partial charge in [0.25, 0.3) is 10.0 Å². The van der Waals surface area contributed by atoms with E-state index < -0.39 is 10.0 Å². The number of hydrogen-bond acceptors (Lipinski definition) is 5. The molecule has 2 aromatic heterocycles. The van der Waals surface area contributed by atoms with Crippen LogP contribution in [-0.2, 0) is 10.0 Å². The van der Waals surface area contributed by atoms with E-state index in [0.717, 1.165) is 5.56 Å². The summed E-state index contributed by atoms with van der Waals surface area (Å²) >= 11 is 4.82. The van der Waals surface area contributed by atoms with Gasteiger partial charge in [0.1, 0.15) is 15.6 Å². The lowest BCUT2D eigenvalue weighted by atomic mass is 10.3. The first-order valence-corrected chi connectivity index (χ1v) is 7.49. The maximum atomic E-state index is 12.4. The van der Waals surface area contributed by atoms with Crippen molar-refractivity contribution in [3.05, 3.63) is 48.0 Å². The molecule has 2 aromatic rings. The summed E-state index contributed by atoms with van der Waals surface area (Å²) in [6.45, 7) is 1.78. The van der Waals surface area contributed by atoms with E-state index >= 15 is 0 Å². The van der Waals surface area contributed by atoms with Crippen LogP contribution in [0.4, 0.5) is 5.69 Å². The minimum atomic E-state index is -3.83. The van der Waals surface area contributed by atoms with Gasteiger partial charge in [-0.2, -0.15) is 0 Å². The zero-order chi connectivity index (χ0) is 14.8. The Morgan fingerprint density at radius 2 is 2.10 bits per heavy atom. The number of nitrogens with one attached hydrogen (secondary N) is 1. The van der Waals surface area contributed by atoms with Gasteiger partial charge in [-0.05, 0) is 30.7 Å². The predicted molar refractivity (Wildman–Crippen MR) is 79.9 cm³/mol. The highest BCUT2D eigenvalue weighted by Crippen LogP contribution is 2.20. The summed E-state index contributed by atoms with van der Waals surface area (Å²) in [5.41, 5.74) is 6.71. The second-order valence-corrected chi connectivity index (χ2v) is 6.10. The van der Waals surface area contributed by atoms with Crippen LogP contribution in [0.5, 0.6) is 0 Å². The van der Waals surface area contributed by atoms with Crippen molar-refractivity contribution in [1.82, 2.24) is 9.97 Å². The van der Waals surface area contributed by atoms with Crippen LogP contribution in [0.1, 0.15) is 11.3 Å². The molecule has 3 N–H and O–H groups in total. The second-order valence-electron chi connectivity index (χ2n) is 4.01. The smallest absolute Gasteiger partial charge is 0.264 e. The number of aryl methyl sites for hydroxylation is 1. The van der Waals surface area contributed by atoms with Crippen LogP contribution in [0.25, 0.3) is 0 Å². The molecule has 6 nitrogen and oxygen atoms in total. The average molecular weight is 308 g/mol. The number of sulfonamides is 1. The Bertz CT molecular complexity index is 760. The number of rotatable bonds is 4. The normalized spacial score (nSPS) is 11.1. The van der Waals surface area contributed by atoms with Crippen LogP contribution in [0, 0.1) is 6.92 Å². The molecule has 0 aliphatic heterocycles. The van der Waals surface area contributed by atoms with Crippen LogP contribution in [0.3, 0.4) is 0 Å². The number of anilines is 1. The number of thiocarbonyl (C=S) groups is 1. The van der Waals surface area contributed by atoms with Crippen molar-refractivity contribution in [2.75, 3.05) is 4.72 Å². The van der Waals surface area contributed by atoms with E-state index in [1.54, 1.807) is 19.2 Å². The van der Waals surface area contributed by atoms with Gasteiger partial charge in [-0.25, -0.2) is 8.42 Å². The molecule has 0 unspecified atom stereocenters. The highest BCUT2D eigenvalue weighted by molar-refractivity contribution is 7.93. The van der Waals surface area contributed by atoms with Gasteiger partial charge >= 0.3 is 0 Å². The monoisotopic (exact) mass is 308 g/mol. The SMILES string of the molecule is Cc1ccncc1NS(=O)(=O)c1cccnc1C(N)=S. The van der Waals surface area contributed by atoms with Gasteiger partial charge in [0.2, 0.25) is 0 Å². The molecule has 20 heavy (non-hydrogen) atoms. The topological polar surface area (TPSA) is 98.0 Å². The first-order chi connectivity index (χ1) is 9.42. The minimum absolute atomic E-state index is 0.0595. The molecule has 104 valence electrons. The Hall–Kier alpha value is -2.06. The van der Waals surface area contributed by atoms with E-state index in [4.69, 9.17) is 18.0 Å². The summed E-state index contributed by atoms with van der Waals surface area (Å²) in [6.07, 6.45) is 4.45. The second kappa shape index (κ2) is 5.51. The molecule has 0 aromatic carbocycles. The summed E-state index contributed by atoms with van der Waals surface area (Å²) in [7, 11) is -3.83. The van der Waals surface area contributed by atoms with Crippen molar-refractivity contribution in [2.45, 2.75) is 11.8 Å². The molecule has 8 heteroatoms. The van der Waals surface area contributed by atoms with E-state index in [2.05, 4.69) is 14.7 Å². The zero-order valence-electron chi connectivity index (χ0n) is 10.6. The number of pyridine rings is 2. The van der Waals surface area contributed by atoms with Crippen LogP contribution >= 0.6 is 12.2 Å². The maximum Gasteiger partial charge on any atom is 0.264 e. The van der Waals surface area contributed by atoms with Gasteiger partial charge < -0.3 is 5.73 Å². The molecule has 0 saturated heterocycles. The highest BCUT2D eigenvalue weighted by Gasteiger charge is 2.21. The third-order valence-electron chi connectivity index (χ3n) is 2.58. The summed E-state index contributed by atoms with van der Waals surface area (Å²) in [5.74, 6) is 0. The summed E-state index contributed by atoms with van der Waals surface area (Å²) in [4.78, 5) is 7.66. The van der Waals surface area contributed by atoms with E-state index in [-0.39, 0.29) is 15.6 Å². The van der Waals surface area contributed by atoms with Crippen molar-refractivity contribution in [1.29, 1.82) is 0 Å². The van der Waals surface area contributed by atoms with Crippen molar-refractivity contribution >= 4 is 32.9 Å². The molecule has 0 fully saturated rings. The summed E-state index contributed by atoms with van der Waals surface area (Å²) in [6, 6.07) is 4.61. The molecule has 0 amide bonds. The number of aromatic nitrogens is 2. The lowest BCUT2D eigenvalue weighted by Crippen LogP contribution is -2.21. The molecule has 0 bridgehead atoms. The Kier molecular flexibility index (Phi) is 3.96. The largest absolute Gasteiger partial charge is 0.388 e. The molecular formula is C12H12N4O2S2. The van der Waals surface area contributed by atoms with Crippen molar-refractivity contribution in [3.8, 4) is 0 Å². The van der Waals surface area contributed by atoms with E-state index in [0.29, 0.717) is 5.69 Å². The molecule has 0 radical (unpaired) electrons.